The number of nitrogens with zero attached hydrogens (tertiary/aromatic N) is 3. The first kappa shape index (κ1) is 13.6. The predicted octanol–water partition coefficient (Wildman–Crippen LogP) is 0.255. The van der Waals surface area contributed by atoms with Gasteiger partial charge in [0.25, 0.3) is 11.8 Å². The lowest BCUT2D eigenvalue weighted by molar-refractivity contribution is 0.0821. The summed E-state index contributed by atoms with van der Waals surface area (Å²) >= 11 is 0. The zero-order valence-corrected chi connectivity index (χ0v) is 11.2. The number of hydrogen-bond donors (Lipinski definition) is 2. The van der Waals surface area contributed by atoms with Gasteiger partial charge in [0.2, 0.25) is 0 Å². The monoisotopic (exact) mass is 273 g/mol. The van der Waals surface area contributed by atoms with Gasteiger partial charge in [-0.3, -0.25) is 9.59 Å². The lowest BCUT2D eigenvalue weighted by atomic mass is 10.1. The van der Waals surface area contributed by atoms with E-state index in [0.717, 1.165) is 0 Å². The van der Waals surface area contributed by atoms with Crippen molar-refractivity contribution in [1.82, 2.24) is 14.7 Å². The molecular weight excluding hydrogens is 258 g/mol. The minimum atomic E-state index is -0.587. The first-order chi connectivity index (χ1) is 9.40. The summed E-state index contributed by atoms with van der Waals surface area (Å²) in [5.74, 6) is -0.815. The van der Waals surface area contributed by atoms with Crippen LogP contribution < -0.4 is 11.5 Å². The van der Waals surface area contributed by atoms with E-state index in [9.17, 15) is 9.59 Å². The van der Waals surface area contributed by atoms with Crippen molar-refractivity contribution in [1.29, 1.82) is 0 Å². The van der Waals surface area contributed by atoms with Gasteiger partial charge < -0.3 is 16.4 Å². The van der Waals surface area contributed by atoms with E-state index < -0.39 is 5.91 Å². The van der Waals surface area contributed by atoms with Crippen molar-refractivity contribution in [3.8, 4) is 5.69 Å². The molecule has 0 radical (unpaired) electrons. The molecule has 0 saturated carbocycles. The average Bonchev–Trinajstić information content (AvgIpc) is 2.86. The Morgan fingerprint density at radius 2 is 1.95 bits per heavy atom. The fourth-order valence-corrected chi connectivity index (χ4v) is 1.75. The molecule has 7 heteroatoms. The van der Waals surface area contributed by atoms with Crippen LogP contribution in [0.25, 0.3) is 5.69 Å². The molecule has 4 N–H and O–H groups in total. The molecule has 0 aliphatic rings. The van der Waals surface area contributed by atoms with Crippen LogP contribution in [0, 0.1) is 0 Å². The number of aromatic nitrogens is 2. The van der Waals surface area contributed by atoms with Crippen molar-refractivity contribution in [2.45, 2.75) is 0 Å². The average molecular weight is 273 g/mol. The summed E-state index contributed by atoms with van der Waals surface area (Å²) in [5, 5.41) is 4.15. The lowest BCUT2D eigenvalue weighted by Crippen LogP contribution is -2.22. The number of rotatable bonds is 3. The molecule has 7 nitrogen and oxygen atoms in total. The molecule has 0 atom stereocenters. The van der Waals surface area contributed by atoms with E-state index in [0.29, 0.717) is 11.4 Å². The maximum absolute atomic E-state index is 11.8. The molecule has 1 aromatic heterocycles. The van der Waals surface area contributed by atoms with Crippen molar-refractivity contribution in [3.05, 3.63) is 41.7 Å². The van der Waals surface area contributed by atoms with E-state index in [2.05, 4.69) is 5.10 Å². The van der Waals surface area contributed by atoms with Gasteiger partial charge in [0.05, 0.1) is 11.3 Å². The topological polar surface area (TPSA) is 107 Å². The summed E-state index contributed by atoms with van der Waals surface area (Å²) in [6.07, 6.45) is 1.58. The smallest absolute Gasteiger partial charge is 0.273 e. The quantitative estimate of drug-likeness (QED) is 0.782. The molecule has 1 aromatic carbocycles. The van der Waals surface area contributed by atoms with Crippen LogP contribution in [0.3, 0.4) is 0 Å². The largest absolute Gasteiger partial charge is 0.399 e. The maximum atomic E-state index is 11.8. The Balaban J connectivity index is 2.50. The van der Waals surface area contributed by atoms with E-state index in [1.54, 1.807) is 38.5 Å². The third-order valence-corrected chi connectivity index (χ3v) is 2.75. The van der Waals surface area contributed by atoms with Crippen molar-refractivity contribution < 1.29 is 9.59 Å². The molecule has 2 rings (SSSR count). The van der Waals surface area contributed by atoms with Crippen molar-refractivity contribution in [2.75, 3.05) is 19.8 Å². The molecule has 1 heterocycles. The standard InChI is InChI=1S/C13H15N5O2/c1-17(2)13(20)10-5-6-18(16-10)11-7-8(14)3-4-9(11)12(15)19/h3-7H,14H2,1-2H3,(H2,15,19). The highest BCUT2D eigenvalue weighted by Gasteiger charge is 2.15. The van der Waals surface area contributed by atoms with Crippen LogP contribution in [0.15, 0.2) is 30.5 Å². The third-order valence-electron chi connectivity index (χ3n) is 2.75. The van der Waals surface area contributed by atoms with Crippen LogP contribution in [0.4, 0.5) is 5.69 Å². The summed E-state index contributed by atoms with van der Waals surface area (Å²) in [6, 6.07) is 6.26. The summed E-state index contributed by atoms with van der Waals surface area (Å²) in [5.41, 5.74) is 12.5. The Morgan fingerprint density at radius 1 is 1.25 bits per heavy atom. The Morgan fingerprint density at radius 3 is 2.55 bits per heavy atom. The van der Waals surface area contributed by atoms with Gasteiger partial charge in [-0.1, -0.05) is 0 Å². The van der Waals surface area contributed by atoms with Gasteiger partial charge in [-0.15, -0.1) is 0 Å². The molecule has 0 saturated heterocycles. The second-order valence-electron chi connectivity index (χ2n) is 4.49. The molecule has 0 fully saturated rings. The van der Waals surface area contributed by atoms with Gasteiger partial charge in [0.1, 0.15) is 0 Å². The lowest BCUT2D eigenvalue weighted by Gasteiger charge is -2.09. The van der Waals surface area contributed by atoms with Crippen LogP contribution >= 0.6 is 0 Å². The molecule has 2 amide bonds. The van der Waals surface area contributed by atoms with E-state index in [4.69, 9.17) is 11.5 Å². The minimum Gasteiger partial charge on any atom is -0.399 e. The molecular formula is C13H15N5O2. The zero-order valence-electron chi connectivity index (χ0n) is 11.2. The molecule has 0 bridgehead atoms. The second-order valence-corrected chi connectivity index (χ2v) is 4.49. The van der Waals surface area contributed by atoms with Crippen LogP contribution in [0.5, 0.6) is 0 Å². The van der Waals surface area contributed by atoms with E-state index in [1.165, 1.54) is 15.6 Å². The van der Waals surface area contributed by atoms with Crippen molar-refractivity contribution >= 4 is 17.5 Å². The van der Waals surface area contributed by atoms with Gasteiger partial charge in [-0.2, -0.15) is 5.10 Å². The number of carbonyl (C=O) groups excluding carboxylic acids is 2. The Bertz CT molecular complexity index is 675. The number of amides is 2. The summed E-state index contributed by atoms with van der Waals surface area (Å²) < 4.78 is 1.41. The molecule has 2 aromatic rings. The van der Waals surface area contributed by atoms with Crippen LogP contribution in [0.2, 0.25) is 0 Å². The van der Waals surface area contributed by atoms with Gasteiger partial charge in [0, 0.05) is 26.0 Å². The Labute approximate surface area is 115 Å². The highest BCUT2D eigenvalue weighted by molar-refractivity contribution is 5.97. The Hall–Kier alpha value is -2.83. The summed E-state index contributed by atoms with van der Waals surface area (Å²) in [4.78, 5) is 24.6. The molecule has 0 spiro atoms. The van der Waals surface area contributed by atoms with E-state index >= 15 is 0 Å². The number of anilines is 1. The Kier molecular flexibility index (Phi) is 3.43. The third kappa shape index (κ3) is 2.46. The fraction of sp³-hybridized carbons (Fsp3) is 0.154. The zero-order chi connectivity index (χ0) is 14.9. The molecule has 20 heavy (non-hydrogen) atoms. The number of primary amides is 1. The molecule has 0 unspecified atom stereocenters. The minimum absolute atomic E-state index is 0.228. The maximum Gasteiger partial charge on any atom is 0.273 e. The van der Waals surface area contributed by atoms with Gasteiger partial charge >= 0.3 is 0 Å². The molecule has 0 aliphatic carbocycles. The van der Waals surface area contributed by atoms with Crippen LogP contribution in [0.1, 0.15) is 20.8 Å². The highest BCUT2D eigenvalue weighted by atomic mass is 16.2. The first-order valence-electron chi connectivity index (χ1n) is 5.87. The van der Waals surface area contributed by atoms with Gasteiger partial charge in [0.15, 0.2) is 5.69 Å². The first-order valence-corrected chi connectivity index (χ1v) is 5.87. The number of nitrogens with two attached hydrogens (primary N) is 2. The molecule has 0 aliphatic heterocycles. The van der Waals surface area contributed by atoms with Gasteiger partial charge in [-0.05, 0) is 24.3 Å². The number of hydrogen-bond acceptors (Lipinski definition) is 4. The van der Waals surface area contributed by atoms with Crippen molar-refractivity contribution in [3.63, 3.8) is 0 Å². The van der Waals surface area contributed by atoms with E-state index in [1.807, 2.05) is 0 Å². The molecule has 104 valence electrons. The summed E-state index contributed by atoms with van der Waals surface area (Å²) in [7, 11) is 3.27. The number of carbonyl (C=O) groups is 2. The highest BCUT2D eigenvalue weighted by Crippen LogP contribution is 2.18. The SMILES string of the molecule is CN(C)C(=O)c1ccn(-c2cc(N)ccc2C(N)=O)n1. The number of benzene rings is 1. The second kappa shape index (κ2) is 5.04. The fourth-order valence-electron chi connectivity index (χ4n) is 1.75. The number of nitrogen functional groups attached to an aromatic ring is 1. The summed E-state index contributed by atoms with van der Waals surface area (Å²) in [6.45, 7) is 0. The predicted molar refractivity (Wildman–Crippen MR) is 74.5 cm³/mol. The van der Waals surface area contributed by atoms with Crippen molar-refractivity contribution in [2.24, 2.45) is 5.73 Å². The van der Waals surface area contributed by atoms with Crippen LogP contribution in [-0.2, 0) is 0 Å². The normalized spacial score (nSPS) is 10.3. The van der Waals surface area contributed by atoms with Crippen LogP contribution in [-0.4, -0.2) is 40.6 Å². The van der Waals surface area contributed by atoms with E-state index in [-0.39, 0.29) is 17.2 Å². The van der Waals surface area contributed by atoms with Gasteiger partial charge in [-0.25, -0.2) is 4.68 Å².